The molecule has 0 fully saturated rings. The zero-order valence-corrected chi connectivity index (χ0v) is 11.2. The number of ether oxygens (including phenoxy) is 1. The van der Waals surface area contributed by atoms with Crippen molar-refractivity contribution in [3.8, 4) is 0 Å². The average molecular weight is 249 g/mol. The van der Waals surface area contributed by atoms with E-state index in [0.29, 0.717) is 12.3 Å². The summed E-state index contributed by atoms with van der Waals surface area (Å²) in [5.74, 6) is 0. The highest BCUT2D eigenvalue weighted by Crippen LogP contribution is 2.12. The molecule has 0 unspecified atom stereocenters. The molecule has 0 aliphatic carbocycles. The molecular formula is C13H19N3O2. The Morgan fingerprint density at radius 2 is 2.22 bits per heavy atom. The van der Waals surface area contributed by atoms with E-state index >= 15 is 0 Å². The number of carbonyl (C=O) groups is 1. The van der Waals surface area contributed by atoms with Crippen LogP contribution in [-0.4, -0.2) is 22.1 Å². The molecule has 0 aromatic carbocycles. The molecule has 98 valence electrons. The number of aryl methyl sites for hydroxylation is 1. The predicted octanol–water partition coefficient (Wildman–Crippen LogP) is 3.24. The van der Waals surface area contributed by atoms with E-state index < -0.39 is 6.09 Å². The summed E-state index contributed by atoms with van der Waals surface area (Å²) in [6.45, 7) is 8.09. The molecule has 0 radical (unpaired) electrons. The lowest BCUT2D eigenvalue weighted by Gasteiger charge is -2.05. The fourth-order valence-electron chi connectivity index (χ4n) is 1.47. The van der Waals surface area contributed by atoms with Crippen LogP contribution < -0.4 is 5.32 Å². The first-order valence-corrected chi connectivity index (χ1v) is 6.08. The van der Waals surface area contributed by atoms with Crippen LogP contribution >= 0.6 is 0 Å². The van der Waals surface area contributed by atoms with Crippen LogP contribution in [0.5, 0.6) is 0 Å². The van der Waals surface area contributed by atoms with Gasteiger partial charge in [0.1, 0.15) is 5.65 Å². The predicted molar refractivity (Wildman–Crippen MR) is 71.9 cm³/mol. The minimum absolute atomic E-state index is 0.358. The standard InChI is InChI=1S/C11H13N3O2.C2H6/c1-3-16-11(15)13-9-4-5-14-8(2)7-12-10(14)6-9;1-2/h4-7H,3H2,1-2H3,(H,13,15);1-2H3. The topological polar surface area (TPSA) is 55.6 Å². The lowest BCUT2D eigenvalue weighted by atomic mass is 10.4. The van der Waals surface area contributed by atoms with Crippen LogP contribution in [0.25, 0.3) is 5.65 Å². The van der Waals surface area contributed by atoms with E-state index in [1.165, 1.54) is 0 Å². The summed E-state index contributed by atoms with van der Waals surface area (Å²) in [6.07, 6.45) is 3.19. The zero-order chi connectivity index (χ0) is 13.5. The molecule has 5 nitrogen and oxygen atoms in total. The van der Waals surface area contributed by atoms with Gasteiger partial charge in [-0.25, -0.2) is 9.78 Å². The first kappa shape index (κ1) is 14.0. The Labute approximate surface area is 107 Å². The maximum Gasteiger partial charge on any atom is 0.411 e. The molecule has 18 heavy (non-hydrogen) atoms. The highest BCUT2D eigenvalue weighted by molar-refractivity contribution is 5.85. The van der Waals surface area contributed by atoms with E-state index in [1.54, 1.807) is 25.3 Å². The number of aromatic nitrogens is 2. The van der Waals surface area contributed by atoms with Crippen LogP contribution in [-0.2, 0) is 4.74 Å². The second-order valence-corrected chi connectivity index (χ2v) is 3.39. The Kier molecular flexibility index (Phi) is 5.17. The van der Waals surface area contributed by atoms with Gasteiger partial charge in [-0.15, -0.1) is 0 Å². The largest absolute Gasteiger partial charge is 0.450 e. The van der Waals surface area contributed by atoms with E-state index in [9.17, 15) is 4.79 Å². The van der Waals surface area contributed by atoms with Gasteiger partial charge in [0.15, 0.2) is 0 Å². The second-order valence-electron chi connectivity index (χ2n) is 3.39. The molecule has 2 heterocycles. The van der Waals surface area contributed by atoms with Gasteiger partial charge in [-0.1, -0.05) is 13.8 Å². The van der Waals surface area contributed by atoms with Crippen molar-refractivity contribution in [2.75, 3.05) is 11.9 Å². The number of nitrogens with zero attached hydrogens (tertiary/aromatic N) is 2. The van der Waals surface area contributed by atoms with Gasteiger partial charge < -0.3 is 9.14 Å². The van der Waals surface area contributed by atoms with Crippen molar-refractivity contribution in [3.05, 3.63) is 30.2 Å². The van der Waals surface area contributed by atoms with Crippen molar-refractivity contribution in [2.45, 2.75) is 27.7 Å². The highest BCUT2D eigenvalue weighted by atomic mass is 16.5. The van der Waals surface area contributed by atoms with Crippen molar-refractivity contribution >= 4 is 17.4 Å². The van der Waals surface area contributed by atoms with E-state index in [0.717, 1.165) is 11.3 Å². The summed E-state index contributed by atoms with van der Waals surface area (Å²) in [5, 5.41) is 2.63. The third-order valence-electron chi connectivity index (χ3n) is 2.22. The minimum atomic E-state index is -0.449. The van der Waals surface area contributed by atoms with Crippen LogP contribution in [0.1, 0.15) is 26.5 Å². The first-order valence-electron chi connectivity index (χ1n) is 6.08. The van der Waals surface area contributed by atoms with Crippen molar-refractivity contribution in [2.24, 2.45) is 0 Å². The fraction of sp³-hybridized carbons (Fsp3) is 0.385. The lowest BCUT2D eigenvalue weighted by Crippen LogP contribution is -2.13. The van der Waals surface area contributed by atoms with Crippen LogP contribution in [0.15, 0.2) is 24.5 Å². The molecule has 1 amide bonds. The summed E-state index contributed by atoms with van der Waals surface area (Å²) >= 11 is 0. The van der Waals surface area contributed by atoms with Gasteiger partial charge >= 0.3 is 6.09 Å². The van der Waals surface area contributed by atoms with Gasteiger partial charge in [0.2, 0.25) is 0 Å². The van der Waals surface area contributed by atoms with Crippen LogP contribution in [0.4, 0.5) is 10.5 Å². The van der Waals surface area contributed by atoms with Gasteiger partial charge in [-0.3, -0.25) is 5.32 Å². The molecule has 0 atom stereocenters. The number of imidazole rings is 1. The van der Waals surface area contributed by atoms with Crippen LogP contribution in [0.3, 0.4) is 0 Å². The third-order valence-corrected chi connectivity index (χ3v) is 2.22. The number of fused-ring (bicyclic) bond motifs is 1. The molecule has 2 aromatic heterocycles. The Hall–Kier alpha value is -2.04. The number of rotatable bonds is 2. The Balaban J connectivity index is 0.000000771. The van der Waals surface area contributed by atoms with Crippen molar-refractivity contribution in [1.29, 1.82) is 0 Å². The van der Waals surface area contributed by atoms with Crippen molar-refractivity contribution < 1.29 is 9.53 Å². The number of carbonyl (C=O) groups excluding carboxylic acids is 1. The number of pyridine rings is 1. The van der Waals surface area contributed by atoms with Gasteiger partial charge in [-0.2, -0.15) is 0 Å². The Morgan fingerprint density at radius 3 is 2.89 bits per heavy atom. The maximum absolute atomic E-state index is 11.2. The van der Waals surface area contributed by atoms with Gasteiger partial charge in [0.05, 0.1) is 6.61 Å². The van der Waals surface area contributed by atoms with E-state index in [4.69, 9.17) is 4.74 Å². The number of hydrogen-bond acceptors (Lipinski definition) is 3. The smallest absolute Gasteiger partial charge is 0.411 e. The van der Waals surface area contributed by atoms with Crippen molar-refractivity contribution in [3.63, 3.8) is 0 Å². The lowest BCUT2D eigenvalue weighted by molar-refractivity contribution is 0.168. The SMILES string of the molecule is CC.CCOC(=O)Nc1ccn2c(C)cnc2c1. The first-order chi connectivity index (χ1) is 8.70. The molecule has 0 saturated carbocycles. The van der Waals surface area contributed by atoms with Gasteiger partial charge in [0, 0.05) is 29.8 Å². The third kappa shape index (κ3) is 3.23. The summed E-state index contributed by atoms with van der Waals surface area (Å²) in [4.78, 5) is 15.4. The molecule has 0 aliphatic heterocycles. The zero-order valence-electron chi connectivity index (χ0n) is 11.2. The fourth-order valence-corrected chi connectivity index (χ4v) is 1.47. The number of anilines is 1. The molecular weight excluding hydrogens is 230 g/mol. The monoisotopic (exact) mass is 249 g/mol. The van der Waals surface area contributed by atoms with Gasteiger partial charge in [0.25, 0.3) is 0 Å². The van der Waals surface area contributed by atoms with E-state index in [2.05, 4.69) is 10.3 Å². The summed E-state index contributed by atoms with van der Waals surface area (Å²) in [7, 11) is 0. The van der Waals surface area contributed by atoms with Crippen LogP contribution in [0.2, 0.25) is 0 Å². The Morgan fingerprint density at radius 1 is 1.50 bits per heavy atom. The minimum Gasteiger partial charge on any atom is -0.450 e. The number of nitrogens with one attached hydrogen (secondary N) is 1. The molecule has 0 aliphatic rings. The summed E-state index contributed by atoms with van der Waals surface area (Å²) < 4.78 is 6.73. The molecule has 1 N–H and O–H groups in total. The van der Waals surface area contributed by atoms with Crippen molar-refractivity contribution in [1.82, 2.24) is 9.38 Å². The molecule has 0 saturated heterocycles. The normalized spacial score (nSPS) is 9.56. The summed E-state index contributed by atoms with van der Waals surface area (Å²) in [5.41, 5.74) is 2.53. The van der Waals surface area contributed by atoms with Crippen LogP contribution in [0, 0.1) is 6.92 Å². The molecule has 5 heteroatoms. The number of amides is 1. The van der Waals surface area contributed by atoms with E-state index in [1.807, 2.05) is 31.4 Å². The Bertz CT molecular complexity index is 520. The second kappa shape index (κ2) is 6.64. The molecule has 2 rings (SSSR count). The maximum atomic E-state index is 11.2. The highest BCUT2D eigenvalue weighted by Gasteiger charge is 2.04. The molecule has 2 aromatic rings. The molecule has 0 spiro atoms. The average Bonchev–Trinajstić information content (AvgIpc) is 2.73. The van der Waals surface area contributed by atoms with E-state index in [-0.39, 0.29) is 0 Å². The number of hydrogen-bond donors (Lipinski definition) is 1. The summed E-state index contributed by atoms with van der Waals surface area (Å²) in [6, 6.07) is 3.60. The molecule has 0 bridgehead atoms. The van der Waals surface area contributed by atoms with Gasteiger partial charge in [-0.05, 0) is 19.9 Å². The quantitative estimate of drug-likeness (QED) is 0.889.